The molecule has 4 N–H and O–H groups in total. The van der Waals surface area contributed by atoms with Crippen LogP contribution < -0.4 is 31.3 Å². The van der Waals surface area contributed by atoms with Gasteiger partial charge < -0.3 is 30.7 Å². The molecule has 43 heavy (non-hydrogen) atoms. The molecule has 0 spiro atoms. The van der Waals surface area contributed by atoms with Gasteiger partial charge in [-0.3, -0.25) is 19.4 Å². The van der Waals surface area contributed by atoms with Crippen molar-refractivity contribution in [2.24, 2.45) is 4.99 Å². The van der Waals surface area contributed by atoms with E-state index in [1.54, 1.807) is 24.3 Å². The van der Waals surface area contributed by atoms with E-state index in [2.05, 4.69) is 20.9 Å². The van der Waals surface area contributed by atoms with E-state index in [9.17, 15) is 19.2 Å². The number of urea groups is 1. The highest BCUT2D eigenvalue weighted by molar-refractivity contribution is 6.01. The lowest BCUT2D eigenvalue weighted by Gasteiger charge is -2.22. The molecule has 4 amide bonds. The van der Waals surface area contributed by atoms with Crippen LogP contribution in [-0.2, 0) is 20.8 Å². The van der Waals surface area contributed by atoms with E-state index in [0.717, 1.165) is 21.7 Å². The van der Waals surface area contributed by atoms with Crippen LogP contribution in [0.1, 0.15) is 24.0 Å². The van der Waals surface area contributed by atoms with Gasteiger partial charge in [0.1, 0.15) is 5.75 Å². The Morgan fingerprint density at radius 2 is 1.70 bits per heavy atom. The number of carboxylic acid groups (broad SMARTS) is 1. The normalized spacial score (nSPS) is 11.6. The van der Waals surface area contributed by atoms with E-state index in [1.807, 2.05) is 49.4 Å². The molecule has 1 aliphatic rings. The quantitative estimate of drug-likeness (QED) is 0.242. The molecule has 0 saturated carbocycles. The van der Waals surface area contributed by atoms with Crippen LogP contribution in [0.15, 0.2) is 71.7 Å². The van der Waals surface area contributed by atoms with Crippen LogP contribution >= 0.6 is 0 Å². The number of carboxylic acids is 1. The third-order valence-corrected chi connectivity index (χ3v) is 7.07. The van der Waals surface area contributed by atoms with Gasteiger partial charge in [0, 0.05) is 24.0 Å². The summed E-state index contributed by atoms with van der Waals surface area (Å²) in [7, 11) is 1.46. The minimum absolute atomic E-state index is 0.0231. The highest BCUT2D eigenvalue weighted by atomic mass is 16.5. The van der Waals surface area contributed by atoms with Crippen molar-refractivity contribution in [1.29, 1.82) is 0 Å². The van der Waals surface area contributed by atoms with Crippen LogP contribution in [0.4, 0.5) is 16.2 Å². The van der Waals surface area contributed by atoms with Crippen LogP contribution in [0.3, 0.4) is 0 Å². The molecule has 0 aromatic heterocycles. The molecule has 11 heteroatoms. The molecule has 0 fully saturated rings. The lowest BCUT2D eigenvalue weighted by molar-refractivity contribution is -0.139. The molecule has 11 nitrogen and oxygen atoms in total. The zero-order valence-electron chi connectivity index (χ0n) is 24.2. The Labute approximate surface area is 249 Å². The summed E-state index contributed by atoms with van der Waals surface area (Å²) in [5.41, 5.74) is 3.74. The van der Waals surface area contributed by atoms with Crippen LogP contribution in [0, 0.1) is 6.92 Å². The summed E-state index contributed by atoms with van der Waals surface area (Å²) in [6.07, 6.45) is 0.340. The predicted octanol–water partition coefficient (Wildman–Crippen LogP) is 2.48. The molecule has 3 aromatic rings. The van der Waals surface area contributed by atoms with Crippen LogP contribution in [-0.4, -0.2) is 67.1 Å². The lowest BCUT2D eigenvalue weighted by atomic mass is 10.1. The number of nitrogens with zero attached hydrogens (tertiary/aromatic N) is 2. The maximum absolute atomic E-state index is 13.0. The first-order valence-electron chi connectivity index (χ1n) is 13.9. The Hall–Kier alpha value is -5.19. The largest absolute Gasteiger partial charge is 0.495 e. The van der Waals surface area contributed by atoms with E-state index in [4.69, 9.17) is 9.84 Å². The zero-order chi connectivity index (χ0) is 30.8. The number of methoxy groups -OCH3 is 1. The van der Waals surface area contributed by atoms with E-state index in [-0.39, 0.29) is 37.7 Å². The molecule has 4 rings (SSSR count). The Morgan fingerprint density at radius 1 is 0.953 bits per heavy atom. The summed E-state index contributed by atoms with van der Waals surface area (Å²) in [6.45, 7) is 2.54. The van der Waals surface area contributed by atoms with Gasteiger partial charge in [0.15, 0.2) is 0 Å². The number of para-hydroxylation sites is 2. The number of nitrogens with one attached hydrogen (secondary N) is 3. The van der Waals surface area contributed by atoms with Crippen molar-refractivity contribution in [1.82, 2.24) is 10.2 Å². The third-order valence-electron chi connectivity index (χ3n) is 7.07. The summed E-state index contributed by atoms with van der Waals surface area (Å²) in [6, 6.07) is 19.7. The topological polar surface area (TPSA) is 149 Å². The molecule has 0 atom stereocenters. The SMILES string of the molecule is COc1cc(CC(=O)NCC(=O)N(CCC(=O)O)CCC2=c3ccccc3=NC2)ccc1NC(=O)Nc1ccccc1C. The van der Waals surface area contributed by atoms with Gasteiger partial charge in [0.25, 0.3) is 0 Å². The van der Waals surface area contributed by atoms with Crippen molar-refractivity contribution in [2.75, 3.05) is 43.9 Å². The first-order chi connectivity index (χ1) is 20.7. The molecule has 0 bridgehead atoms. The summed E-state index contributed by atoms with van der Waals surface area (Å²) in [4.78, 5) is 55.3. The van der Waals surface area contributed by atoms with E-state index >= 15 is 0 Å². The van der Waals surface area contributed by atoms with Crippen molar-refractivity contribution in [3.63, 3.8) is 0 Å². The molecule has 1 aliphatic heterocycles. The standard InChI is InChI=1S/C32H35N5O6/c1-21-7-3-5-9-25(21)35-32(42)36-27-12-11-22(17-28(27)43-2)18-29(38)34-20-30(39)37(16-14-31(40)41)15-13-23-19-33-26-10-6-4-8-24(23)26/h3-12,17H,13-16,18-20H2,1-2H3,(H,34,38)(H,40,41)(H2,35,36,42). The fourth-order valence-electron chi connectivity index (χ4n) is 4.72. The molecule has 0 radical (unpaired) electrons. The minimum Gasteiger partial charge on any atom is -0.495 e. The molecule has 0 unspecified atom stereocenters. The number of aliphatic carboxylic acids is 1. The molecule has 0 saturated heterocycles. The van der Waals surface area contributed by atoms with Crippen LogP contribution in [0.25, 0.3) is 5.57 Å². The zero-order valence-corrected chi connectivity index (χ0v) is 24.2. The number of carbonyl (C=O) groups excluding carboxylic acids is 3. The van der Waals surface area contributed by atoms with Gasteiger partial charge in [-0.15, -0.1) is 0 Å². The number of benzene rings is 3. The average Bonchev–Trinajstić information content (AvgIpc) is 3.41. The Morgan fingerprint density at radius 3 is 2.47 bits per heavy atom. The Bertz CT molecular complexity index is 1640. The highest BCUT2D eigenvalue weighted by Crippen LogP contribution is 2.26. The number of amides is 4. The number of ether oxygens (including phenoxy) is 1. The maximum atomic E-state index is 13.0. The van der Waals surface area contributed by atoms with E-state index < -0.39 is 12.0 Å². The number of aryl methyl sites for hydroxylation is 1. The molecule has 1 heterocycles. The third kappa shape index (κ3) is 8.65. The maximum Gasteiger partial charge on any atom is 0.323 e. The number of anilines is 2. The van der Waals surface area contributed by atoms with Gasteiger partial charge in [-0.1, -0.05) is 42.5 Å². The van der Waals surface area contributed by atoms with Gasteiger partial charge in [-0.05, 0) is 54.3 Å². The van der Waals surface area contributed by atoms with Crippen LogP contribution in [0.5, 0.6) is 5.75 Å². The van der Waals surface area contributed by atoms with Gasteiger partial charge in [-0.2, -0.15) is 0 Å². The van der Waals surface area contributed by atoms with Gasteiger partial charge >= 0.3 is 12.0 Å². The monoisotopic (exact) mass is 585 g/mol. The van der Waals surface area contributed by atoms with Gasteiger partial charge in [0.05, 0.1) is 44.1 Å². The average molecular weight is 586 g/mol. The summed E-state index contributed by atoms with van der Waals surface area (Å²) in [5, 5.41) is 19.3. The first kappa shape index (κ1) is 30.8. The number of rotatable bonds is 13. The molecule has 3 aromatic carbocycles. The number of hydrogen-bond donors (Lipinski definition) is 4. The van der Waals surface area contributed by atoms with Crippen molar-refractivity contribution >= 4 is 40.8 Å². The first-order valence-corrected chi connectivity index (χ1v) is 13.9. The number of carbonyl (C=O) groups is 4. The predicted molar refractivity (Wildman–Crippen MR) is 162 cm³/mol. The molecular weight excluding hydrogens is 550 g/mol. The smallest absolute Gasteiger partial charge is 0.323 e. The fraction of sp³-hybridized carbons (Fsp3) is 0.281. The highest BCUT2D eigenvalue weighted by Gasteiger charge is 2.18. The van der Waals surface area contributed by atoms with Crippen LogP contribution in [0.2, 0.25) is 0 Å². The number of fused-ring (bicyclic) bond motifs is 1. The van der Waals surface area contributed by atoms with Crippen molar-refractivity contribution in [3.05, 3.63) is 88.4 Å². The van der Waals surface area contributed by atoms with Gasteiger partial charge in [0.2, 0.25) is 11.8 Å². The fourth-order valence-corrected chi connectivity index (χ4v) is 4.72. The number of hydrogen-bond acceptors (Lipinski definition) is 6. The molecule has 0 aliphatic carbocycles. The second-order valence-electron chi connectivity index (χ2n) is 10.1. The summed E-state index contributed by atoms with van der Waals surface area (Å²) in [5.74, 6) is -1.38. The lowest BCUT2D eigenvalue weighted by Crippen LogP contribution is -2.42. The molecular formula is C32H35N5O6. The Balaban J connectivity index is 1.31. The van der Waals surface area contributed by atoms with Crippen molar-refractivity contribution < 1.29 is 29.0 Å². The van der Waals surface area contributed by atoms with Gasteiger partial charge in [-0.25, -0.2) is 4.79 Å². The van der Waals surface area contributed by atoms with E-state index in [1.165, 1.54) is 12.0 Å². The molecule has 224 valence electrons. The second-order valence-corrected chi connectivity index (χ2v) is 10.1. The minimum atomic E-state index is -1.00. The summed E-state index contributed by atoms with van der Waals surface area (Å²) >= 11 is 0. The van der Waals surface area contributed by atoms with Crippen molar-refractivity contribution in [3.8, 4) is 5.75 Å². The van der Waals surface area contributed by atoms with Crippen molar-refractivity contribution in [2.45, 2.75) is 26.2 Å². The summed E-state index contributed by atoms with van der Waals surface area (Å²) < 4.78 is 5.42. The van der Waals surface area contributed by atoms with E-state index in [0.29, 0.717) is 42.2 Å². The Kier molecular flexibility index (Phi) is 10.5. The second kappa shape index (κ2) is 14.6.